The van der Waals surface area contributed by atoms with Crippen molar-refractivity contribution < 1.29 is 23.3 Å². The van der Waals surface area contributed by atoms with E-state index < -0.39 is 6.67 Å². The zero-order chi connectivity index (χ0) is 23.8. The number of likely N-dealkylation sites (N-methyl/N-ethyl adjacent to an activating group) is 1. The lowest BCUT2D eigenvalue weighted by molar-refractivity contribution is 0.0504. The fourth-order valence-corrected chi connectivity index (χ4v) is 4.86. The predicted octanol–water partition coefficient (Wildman–Crippen LogP) is 5.95. The van der Waals surface area contributed by atoms with Crippen molar-refractivity contribution in [3.63, 3.8) is 0 Å². The maximum atomic E-state index is 12.2. The number of rotatable bonds is 12. The number of alkyl halides is 1. The first-order valence-electron chi connectivity index (χ1n) is 10.4. The number of hydrogen-bond donors (Lipinski definition) is 0. The van der Waals surface area contributed by atoms with Crippen LogP contribution in [0.1, 0.15) is 16.1 Å². The summed E-state index contributed by atoms with van der Waals surface area (Å²) in [7, 11) is 5.21. The summed E-state index contributed by atoms with van der Waals surface area (Å²) in [4.78, 5) is 6.89. The number of benzene rings is 2. The average molecular weight is 539 g/mol. The third kappa shape index (κ3) is 6.44. The van der Waals surface area contributed by atoms with E-state index in [9.17, 15) is 4.39 Å². The summed E-state index contributed by atoms with van der Waals surface area (Å²) in [6, 6.07) is 8.04. The van der Waals surface area contributed by atoms with Gasteiger partial charge in [-0.1, -0.05) is 0 Å². The molecule has 1 aromatic heterocycles. The molecule has 0 saturated heterocycles. The van der Waals surface area contributed by atoms with Crippen LogP contribution in [-0.2, 0) is 9.47 Å². The predicted molar refractivity (Wildman–Crippen MR) is 137 cm³/mol. The van der Waals surface area contributed by atoms with Gasteiger partial charge in [-0.2, -0.15) is 0 Å². The van der Waals surface area contributed by atoms with Gasteiger partial charge in [0.25, 0.3) is 0 Å². The highest BCUT2D eigenvalue weighted by molar-refractivity contribution is 9.10. The molecule has 6 nitrogen and oxygen atoms in total. The van der Waals surface area contributed by atoms with Gasteiger partial charge >= 0.3 is 0 Å². The Morgan fingerprint density at radius 3 is 2.73 bits per heavy atom. The smallest absolute Gasteiger partial charge is 0.188 e. The lowest BCUT2D eigenvalue weighted by Gasteiger charge is -2.21. The number of methoxy groups -OCH3 is 2. The lowest BCUT2D eigenvalue weighted by atomic mass is 10.1. The van der Waals surface area contributed by atoms with Crippen molar-refractivity contribution in [2.75, 3.05) is 59.4 Å². The van der Waals surface area contributed by atoms with Crippen LogP contribution in [0.25, 0.3) is 22.4 Å². The maximum absolute atomic E-state index is 12.2. The van der Waals surface area contributed by atoms with Crippen LogP contribution >= 0.6 is 27.3 Å². The third-order valence-electron chi connectivity index (χ3n) is 4.96. The molecule has 0 bridgehead atoms. The summed E-state index contributed by atoms with van der Waals surface area (Å²) in [6.07, 6.45) is 3.96. The van der Waals surface area contributed by atoms with E-state index in [0.717, 1.165) is 36.5 Å². The molecule has 9 heteroatoms. The topological polar surface area (TPSA) is 53.1 Å². The highest BCUT2D eigenvalue weighted by Crippen LogP contribution is 2.38. The second kappa shape index (κ2) is 12.3. The van der Waals surface area contributed by atoms with Gasteiger partial charge in [0.1, 0.15) is 27.7 Å². The number of aryl methyl sites for hydroxylation is 1. The van der Waals surface area contributed by atoms with Crippen LogP contribution in [0.4, 0.5) is 10.1 Å². The van der Waals surface area contributed by atoms with Gasteiger partial charge in [0.2, 0.25) is 0 Å². The molecule has 0 saturated carbocycles. The van der Waals surface area contributed by atoms with Crippen molar-refractivity contribution in [3.05, 3.63) is 44.9 Å². The van der Waals surface area contributed by atoms with E-state index in [4.69, 9.17) is 23.9 Å². The molecular formula is C24H28BrFN2O4S. The fourth-order valence-electron chi connectivity index (χ4n) is 3.33. The highest BCUT2D eigenvalue weighted by Gasteiger charge is 2.13. The van der Waals surface area contributed by atoms with Gasteiger partial charge in [-0.25, -0.2) is 9.37 Å². The van der Waals surface area contributed by atoms with Crippen molar-refractivity contribution in [2.45, 2.75) is 6.92 Å². The molecule has 2 aromatic carbocycles. The maximum Gasteiger partial charge on any atom is 0.188 e. The molecule has 3 aromatic rings. The molecule has 0 atom stereocenters. The molecule has 1 heterocycles. The number of nitrogens with zero attached hydrogens (tertiary/aromatic N) is 2. The van der Waals surface area contributed by atoms with E-state index in [0.29, 0.717) is 24.7 Å². The molecule has 0 amide bonds. The summed E-state index contributed by atoms with van der Waals surface area (Å²) in [5.74, 6) is 1.32. The summed E-state index contributed by atoms with van der Waals surface area (Å²) >= 11 is 5.17. The van der Waals surface area contributed by atoms with Gasteiger partial charge in [-0.15, -0.1) is 11.3 Å². The zero-order valence-corrected chi connectivity index (χ0v) is 21.6. The summed E-state index contributed by atoms with van der Waals surface area (Å²) in [5.41, 5.74) is 4.11. The van der Waals surface area contributed by atoms with Crippen LogP contribution in [-0.4, -0.2) is 59.5 Å². The van der Waals surface area contributed by atoms with Crippen molar-refractivity contribution in [1.82, 2.24) is 4.98 Å². The van der Waals surface area contributed by atoms with Crippen LogP contribution in [0, 0.1) is 6.92 Å². The molecule has 0 spiro atoms. The Balaban J connectivity index is 1.80. The van der Waals surface area contributed by atoms with Crippen molar-refractivity contribution in [3.8, 4) is 11.5 Å². The molecule has 0 fully saturated rings. The number of halogens is 2. The van der Waals surface area contributed by atoms with E-state index in [1.54, 1.807) is 25.6 Å². The van der Waals surface area contributed by atoms with Crippen molar-refractivity contribution >= 4 is 55.3 Å². The van der Waals surface area contributed by atoms with Crippen LogP contribution in [0.5, 0.6) is 11.5 Å². The quantitative estimate of drug-likeness (QED) is 0.210. The highest BCUT2D eigenvalue weighted by atomic mass is 79.9. The van der Waals surface area contributed by atoms with Crippen LogP contribution < -0.4 is 14.4 Å². The normalized spacial score (nSPS) is 11.5. The summed E-state index contributed by atoms with van der Waals surface area (Å²) in [6.45, 7) is 3.08. The Morgan fingerprint density at radius 2 is 2.00 bits per heavy atom. The van der Waals surface area contributed by atoms with Gasteiger partial charge < -0.3 is 23.8 Å². The molecule has 3 rings (SSSR count). The van der Waals surface area contributed by atoms with E-state index in [1.807, 2.05) is 31.3 Å². The van der Waals surface area contributed by atoms with E-state index in [1.165, 1.54) is 0 Å². The van der Waals surface area contributed by atoms with E-state index >= 15 is 0 Å². The van der Waals surface area contributed by atoms with Crippen LogP contribution in [0.3, 0.4) is 0 Å². The first-order chi connectivity index (χ1) is 16.0. The number of thiazole rings is 1. The Bertz CT molecular complexity index is 1110. The van der Waals surface area contributed by atoms with Gasteiger partial charge in [0, 0.05) is 32.0 Å². The first kappa shape index (κ1) is 25.4. The molecule has 0 unspecified atom stereocenters. The van der Waals surface area contributed by atoms with Gasteiger partial charge in [-0.3, -0.25) is 0 Å². The Kier molecular flexibility index (Phi) is 9.49. The van der Waals surface area contributed by atoms with Crippen LogP contribution in [0.2, 0.25) is 0 Å². The average Bonchev–Trinajstić information content (AvgIpc) is 3.20. The molecule has 33 heavy (non-hydrogen) atoms. The lowest BCUT2D eigenvalue weighted by Crippen LogP contribution is -2.23. The molecule has 0 radical (unpaired) electrons. The van der Waals surface area contributed by atoms with Gasteiger partial charge in [0.05, 0.1) is 30.5 Å². The molecular weight excluding hydrogens is 511 g/mol. The number of fused-ring (bicyclic) bond motifs is 1. The molecule has 0 N–H and O–H groups in total. The second-order valence-electron chi connectivity index (χ2n) is 7.27. The molecule has 0 aliphatic carbocycles. The minimum absolute atomic E-state index is 0.140. The monoisotopic (exact) mass is 538 g/mol. The Labute approximate surface area is 206 Å². The number of anilines is 1. The molecule has 178 valence electrons. The number of hydrogen-bond acceptors (Lipinski definition) is 7. The SMILES string of the molecule is COCOc1ccc(/C=C/c2nc3cc(C)c(N(C)CCOCCF)cc3s2)c(OC)c1Br. The van der Waals surface area contributed by atoms with E-state index in [-0.39, 0.29) is 13.4 Å². The fraction of sp³-hybridized carbons (Fsp3) is 0.375. The minimum atomic E-state index is -0.458. The third-order valence-corrected chi connectivity index (χ3v) is 6.69. The Hall–Kier alpha value is -2.20. The van der Waals surface area contributed by atoms with Gasteiger partial charge in [-0.05, 0) is 64.8 Å². The zero-order valence-electron chi connectivity index (χ0n) is 19.2. The summed E-state index contributed by atoms with van der Waals surface area (Å²) in [5, 5.41) is 0.897. The second-order valence-corrected chi connectivity index (χ2v) is 9.12. The van der Waals surface area contributed by atoms with Crippen molar-refractivity contribution in [2.24, 2.45) is 0 Å². The molecule has 0 aliphatic heterocycles. The standard InChI is InChI=1S/C24H28BrFN2O4S/c1-16-13-18-21(14-19(16)28(2)10-12-31-11-9-26)33-22(27-18)8-6-17-5-7-20(32-15-29-3)23(25)24(17)30-4/h5-8,13-14H,9-12,15H2,1-4H3/b8-6+. The number of aromatic nitrogens is 1. The largest absolute Gasteiger partial charge is 0.495 e. The first-order valence-corrected chi connectivity index (χ1v) is 12.0. The molecule has 0 aliphatic rings. The van der Waals surface area contributed by atoms with Gasteiger partial charge in [0.15, 0.2) is 6.79 Å². The number of ether oxygens (including phenoxy) is 4. The summed E-state index contributed by atoms with van der Waals surface area (Å²) < 4.78 is 35.4. The van der Waals surface area contributed by atoms with Crippen molar-refractivity contribution in [1.29, 1.82) is 0 Å². The van der Waals surface area contributed by atoms with E-state index in [2.05, 4.69) is 39.9 Å². The minimum Gasteiger partial charge on any atom is -0.495 e. The Morgan fingerprint density at radius 1 is 1.18 bits per heavy atom. The van der Waals surface area contributed by atoms with Crippen LogP contribution in [0.15, 0.2) is 28.7 Å².